The van der Waals surface area contributed by atoms with Gasteiger partial charge in [-0.2, -0.15) is 0 Å². The van der Waals surface area contributed by atoms with Gasteiger partial charge in [0, 0.05) is 6.04 Å². The molecule has 1 atom stereocenters. The van der Waals surface area contributed by atoms with E-state index in [4.69, 9.17) is 22.1 Å². The Bertz CT molecular complexity index is 604. The fraction of sp³-hybridized carbons (Fsp3) is 0.333. The monoisotopic (exact) mass is 303 g/mol. The van der Waals surface area contributed by atoms with Crippen LogP contribution in [0.1, 0.15) is 30.0 Å². The van der Waals surface area contributed by atoms with Gasteiger partial charge in [-0.05, 0) is 61.6 Å². The first kappa shape index (κ1) is 15.9. The largest absolute Gasteiger partial charge is 0.455 e. The van der Waals surface area contributed by atoms with E-state index < -0.39 is 0 Å². The summed E-state index contributed by atoms with van der Waals surface area (Å²) >= 11 is 6.32. The molecule has 0 fully saturated rings. The van der Waals surface area contributed by atoms with Crippen LogP contribution in [0.15, 0.2) is 36.4 Å². The van der Waals surface area contributed by atoms with Crippen LogP contribution in [-0.2, 0) is 6.42 Å². The molecule has 0 amide bonds. The van der Waals surface area contributed by atoms with Crippen LogP contribution in [-0.4, -0.2) is 6.04 Å². The van der Waals surface area contributed by atoms with Crippen molar-refractivity contribution in [2.45, 2.75) is 39.7 Å². The number of hydrogen-bond acceptors (Lipinski definition) is 2. The number of aryl methyl sites for hydroxylation is 2. The third-order valence-electron chi connectivity index (χ3n) is 3.47. The highest BCUT2D eigenvalue weighted by molar-refractivity contribution is 6.32. The Morgan fingerprint density at radius 3 is 2.43 bits per heavy atom. The topological polar surface area (TPSA) is 35.2 Å². The van der Waals surface area contributed by atoms with Crippen molar-refractivity contribution < 1.29 is 4.74 Å². The fourth-order valence-electron chi connectivity index (χ4n) is 2.37. The van der Waals surface area contributed by atoms with Crippen molar-refractivity contribution in [2.24, 2.45) is 5.73 Å². The second-order valence-electron chi connectivity index (χ2n) is 5.53. The average molecular weight is 304 g/mol. The SMILES string of the molecule is CCC(N)Cc1cccc(Cl)c1Oc1cc(C)cc(C)c1. The Hall–Kier alpha value is -1.51. The Labute approximate surface area is 131 Å². The lowest BCUT2D eigenvalue weighted by Gasteiger charge is -2.16. The summed E-state index contributed by atoms with van der Waals surface area (Å²) in [6.45, 7) is 6.19. The molecule has 2 rings (SSSR count). The summed E-state index contributed by atoms with van der Waals surface area (Å²) in [5.41, 5.74) is 9.46. The summed E-state index contributed by atoms with van der Waals surface area (Å²) in [6.07, 6.45) is 1.69. The molecule has 0 aliphatic rings. The lowest BCUT2D eigenvalue weighted by molar-refractivity contribution is 0.471. The maximum Gasteiger partial charge on any atom is 0.149 e. The highest BCUT2D eigenvalue weighted by Gasteiger charge is 2.12. The van der Waals surface area contributed by atoms with Crippen molar-refractivity contribution in [1.29, 1.82) is 0 Å². The summed E-state index contributed by atoms with van der Waals surface area (Å²) < 4.78 is 6.06. The second kappa shape index (κ2) is 6.97. The van der Waals surface area contributed by atoms with Gasteiger partial charge in [0.2, 0.25) is 0 Å². The quantitative estimate of drug-likeness (QED) is 0.841. The first-order chi connectivity index (χ1) is 9.99. The highest BCUT2D eigenvalue weighted by atomic mass is 35.5. The molecule has 0 saturated carbocycles. The molecule has 2 N–H and O–H groups in total. The van der Waals surface area contributed by atoms with Crippen LogP contribution in [0.3, 0.4) is 0 Å². The summed E-state index contributed by atoms with van der Waals surface area (Å²) in [5.74, 6) is 1.53. The maximum atomic E-state index is 6.32. The average Bonchev–Trinajstić information content (AvgIpc) is 2.41. The Morgan fingerprint density at radius 2 is 1.81 bits per heavy atom. The van der Waals surface area contributed by atoms with E-state index in [2.05, 4.69) is 26.8 Å². The van der Waals surface area contributed by atoms with Crippen molar-refractivity contribution in [3.63, 3.8) is 0 Å². The van der Waals surface area contributed by atoms with Crippen LogP contribution >= 0.6 is 11.6 Å². The Kier molecular flexibility index (Phi) is 5.27. The molecule has 0 aromatic heterocycles. The van der Waals surface area contributed by atoms with E-state index in [1.807, 2.05) is 30.3 Å². The smallest absolute Gasteiger partial charge is 0.149 e. The van der Waals surface area contributed by atoms with E-state index in [1.54, 1.807) is 0 Å². The van der Waals surface area contributed by atoms with Gasteiger partial charge in [0.1, 0.15) is 11.5 Å². The number of nitrogens with two attached hydrogens (primary N) is 1. The number of ether oxygens (including phenoxy) is 1. The molecule has 2 aromatic carbocycles. The van der Waals surface area contributed by atoms with Gasteiger partial charge in [-0.15, -0.1) is 0 Å². The van der Waals surface area contributed by atoms with Gasteiger partial charge >= 0.3 is 0 Å². The van der Waals surface area contributed by atoms with E-state index in [0.717, 1.165) is 24.2 Å². The van der Waals surface area contributed by atoms with Crippen molar-refractivity contribution in [3.8, 4) is 11.5 Å². The van der Waals surface area contributed by atoms with Crippen molar-refractivity contribution in [1.82, 2.24) is 0 Å². The van der Waals surface area contributed by atoms with Crippen LogP contribution in [0.25, 0.3) is 0 Å². The lowest BCUT2D eigenvalue weighted by Crippen LogP contribution is -2.21. The normalized spacial score (nSPS) is 12.2. The van der Waals surface area contributed by atoms with Crippen LogP contribution in [0.5, 0.6) is 11.5 Å². The Balaban J connectivity index is 2.34. The summed E-state index contributed by atoms with van der Waals surface area (Å²) in [5, 5.41) is 0.620. The van der Waals surface area contributed by atoms with E-state index in [0.29, 0.717) is 10.8 Å². The number of hydrogen-bond donors (Lipinski definition) is 1. The number of para-hydroxylation sites is 1. The zero-order valence-corrected chi connectivity index (χ0v) is 13.6. The van der Waals surface area contributed by atoms with Crippen LogP contribution < -0.4 is 10.5 Å². The molecule has 0 aliphatic heterocycles. The van der Waals surface area contributed by atoms with E-state index in [1.165, 1.54) is 11.1 Å². The molecule has 0 spiro atoms. The third-order valence-corrected chi connectivity index (χ3v) is 3.77. The van der Waals surface area contributed by atoms with E-state index in [-0.39, 0.29) is 6.04 Å². The minimum atomic E-state index is 0.116. The molecular formula is C18H22ClNO. The van der Waals surface area contributed by atoms with Crippen LogP contribution in [0, 0.1) is 13.8 Å². The minimum absolute atomic E-state index is 0.116. The van der Waals surface area contributed by atoms with Gasteiger partial charge in [-0.25, -0.2) is 0 Å². The molecule has 0 aliphatic carbocycles. The Morgan fingerprint density at radius 1 is 1.14 bits per heavy atom. The van der Waals surface area contributed by atoms with Crippen molar-refractivity contribution in [3.05, 3.63) is 58.1 Å². The van der Waals surface area contributed by atoms with Gasteiger partial charge in [-0.3, -0.25) is 0 Å². The lowest BCUT2D eigenvalue weighted by atomic mass is 10.0. The van der Waals surface area contributed by atoms with Gasteiger partial charge in [0.15, 0.2) is 0 Å². The molecule has 0 radical (unpaired) electrons. The van der Waals surface area contributed by atoms with E-state index in [9.17, 15) is 0 Å². The second-order valence-corrected chi connectivity index (χ2v) is 5.93. The number of rotatable bonds is 5. The van der Waals surface area contributed by atoms with Gasteiger partial charge < -0.3 is 10.5 Å². The zero-order valence-electron chi connectivity index (χ0n) is 12.8. The molecule has 0 heterocycles. The number of halogens is 1. The highest BCUT2D eigenvalue weighted by Crippen LogP contribution is 2.34. The predicted molar refractivity (Wildman–Crippen MR) is 89.4 cm³/mol. The maximum absolute atomic E-state index is 6.32. The summed E-state index contributed by atoms with van der Waals surface area (Å²) in [6, 6.07) is 12.1. The molecule has 1 unspecified atom stereocenters. The summed E-state index contributed by atoms with van der Waals surface area (Å²) in [7, 11) is 0. The van der Waals surface area contributed by atoms with Gasteiger partial charge in [0.05, 0.1) is 5.02 Å². The molecule has 3 heteroatoms. The predicted octanol–water partition coefficient (Wildman–Crippen LogP) is 5.03. The first-order valence-corrected chi connectivity index (χ1v) is 7.66. The van der Waals surface area contributed by atoms with E-state index >= 15 is 0 Å². The van der Waals surface area contributed by atoms with Crippen molar-refractivity contribution >= 4 is 11.6 Å². The zero-order chi connectivity index (χ0) is 15.4. The van der Waals surface area contributed by atoms with Crippen LogP contribution in [0.2, 0.25) is 5.02 Å². The molecule has 2 aromatic rings. The first-order valence-electron chi connectivity index (χ1n) is 7.28. The van der Waals surface area contributed by atoms with Gasteiger partial charge in [-0.1, -0.05) is 36.7 Å². The number of benzene rings is 2. The standard InChI is InChI=1S/C18H22ClNO/c1-4-15(20)11-14-6-5-7-17(19)18(14)21-16-9-12(2)8-13(3)10-16/h5-10,15H,4,11,20H2,1-3H3. The molecule has 112 valence electrons. The van der Waals surface area contributed by atoms with Crippen LogP contribution in [0.4, 0.5) is 0 Å². The minimum Gasteiger partial charge on any atom is -0.455 e. The van der Waals surface area contributed by atoms with Crippen molar-refractivity contribution in [2.75, 3.05) is 0 Å². The summed E-state index contributed by atoms with van der Waals surface area (Å²) in [4.78, 5) is 0. The molecule has 0 bridgehead atoms. The fourth-order valence-corrected chi connectivity index (χ4v) is 2.60. The van der Waals surface area contributed by atoms with Gasteiger partial charge in [0.25, 0.3) is 0 Å². The molecule has 2 nitrogen and oxygen atoms in total. The third kappa shape index (κ3) is 4.23. The molecule has 0 saturated heterocycles. The molecule has 21 heavy (non-hydrogen) atoms. The molecular weight excluding hydrogens is 282 g/mol.